The topological polar surface area (TPSA) is 101 Å². The molecule has 4 rings (SSSR count). The molecule has 0 radical (unpaired) electrons. The van der Waals surface area contributed by atoms with Gasteiger partial charge in [-0.25, -0.2) is 0 Å². The third kappa shape index (κ3) is 6.02. The highest BCUT2D eigenvalue weighted by molar-refractivity contribution is 6.32. The molecule has 1 aromatic heterocycles. The highest BCUT2D eigenvalue weighted by Crippen LogP contribution is 2.32. The highest BCUT2D eigenvalue weighted by atomic mass is 35.5. The number of nitrogen functional groups attached to an aromatic ring is 1. The first-order valence-electron chi connectivity index (χ1n) is 12.8. The minimum atomic E-state index is 0.220. The average Bonchev–Trinajstić information content (AvgIpc) is 3.21. The number of hydrogen-bond acceptors (Lipinski definition) is 8. The molecule has 186 valence electrons. The zero-order valence-electron chi connectivity index (χ0n) is 20.4. The first-order chi connectivity index (χ1) is 16.6. The van der Waals surface area contributed by atoms with Gasteiger partial charge in [0.25, 0.3) is 0 Å². The summed E-state index contributed by atoms with van der Waals surface area (Å²) in [5.41, 5.74) is 6.98. The number of rotatable bonds is 9. The van der Waals surface area contributed by atoms with Gasteiger partial charge in [-0.15, -0.1) is 0 Å². The quantitative estimate of drug-likeness (QED) is 0.409. The summed E-state index contributed by atoms with van der Waals surface area (Å²) in [6, 6.07) is 6.72. The first-order valence-corrected chi connectivity index (χ1v) is 13.2. The molecule has 0 bridgehead atoms. The van der Waals surface area contributed by atoms with Crippen molar-refractivity contribution in [2.45, 2.75) is 89.8 Å². The third-order valence-electron chi connectivity index (χ3n) is 6.92. The van der Waals surface area contributed by atoms with Crippen LogP contribution in [0.5, 0.6) is 5.75 Å². The SMILES string of the molecule is CCOc1ccc(Nc2nc(N)nc(N(C3CCCCCC3)C(CC)C3CCCN3)n2)cc1Cl. The number of nitrogens with zero attached hydrogens (tertiary/aromatic N) is 4. The molecular weight excluding hydrogens is 450 g/mol. The average molecular weight is 488 g/mol. The lowest BCUT2D eigenvalue weighted by atomic mass is 9.97. The molecule has 2 heterocycles. The lowest BCUT2D eigenvalue weighted by molar-refractivity contribution is 0.340. The number of halogens is 1. The Balaban J connectivity index is 1.65. The van der Waals surface area contributed by atoms with Crippen LogP contribution < -0.4 is 26.0 Å². The second kappa shape index (κ2) is 11.9. The fourth-order valence-corrected chi connectivity index (χ4v) is 5.60. The van der Waals surface area contributed by atoms with Crippen LogP contribution in [0.4, 0.5) is 23.5 Å². The van der Waals surface area contributed by atoms with Gasteiger partial charge in [0, 0.05) is 23.8 Å². The van der Waals surface area contributed by atoms with Crippen LogP contribution in [-0.4, -0.2) is 46.2 Å². The third-order valence-corrected chi connectivity index (χ3v) is 7.21. The second-order valence-corrected chi connectivity index (χ2v) is 9.66. The smallest absolute Gasteiger partial charge is 0.233 e. The summed E-state index contributed by atoms with van der Waals surface area (Å²) in [5, 5.41) is 7.52. The predicted octanol–water partition coefficient (Wildman–Crippen LogP) is 5.31. The number of aromatic nitrogens is 3. The van der Waals surface area contributed by atoms with Crippen LogP contribution in [0.2, 0.25) is 5.02 Å². The fourth-order valence-electron chi connectivity index (χ4n) is 5.37. The molecule has 2 atom stereocenters. The molecule has 1 aliphatic heterocycles. The molecule has 0 amide bonds. The van der Waals surface area contributed by atoms with Crippen LogP contribution in [0.1, 0.15) is 71.6 Å². The van der Waals surface area contributed by atoms with E-state index in [0.29, 0.717) is 47.4 Å². The van der Waals surface area contributed by atoms with E-state index in [2.05, 4.69) is 32.4 Å². The van der Waals surface area contributed by atoms with Gasteiger partial charge in [0.05, 0.1) is 11.6 Å². The largest absolute Gasteiger partial charge is 0.492 e. The summed E-state index contributed by atoms with van der Waals surface area (Å²) in [4.78, 5) is 16.4. The molecule has 2 aliphatic rings. The molecule has 9 heteroatoms. The molecule has 1 saturated carbocycles. The predicted molar refractivity (Wildman–Crippen MR) is 139 cm³/mol. The standard InChI is InChI=1S/C25H38ClN7O/c1-3-21(20-12-9-15-28-20)33(18-10-7-5-6-8-11-18)25-31-23(27)30-24(32-25)29-17-13-14-22(34-4-2)19(26)16-17/h13-14,16,18,20-21,28H,3-12,15H2,1-2H3,(H3,27,29,30,31,32). The Hall–Kier alpha value is -2.32. The van der Waals surface area contributed by atoms with Gasteiger partial charge in [-0.1, -0.05) is 44.2 Å². The van der Waals surface area contributed by atoms with Gasteiger partial charge in [0.2, 0.25) is 17.8 Å². The van der Waals surface area contributed by atoms with E-state index in [4.69, 9.17) is 27.1 Å². The van der Waals surface area contributed by atoms with Crippen LogP contribution in [-0.2, 0) is 0 Å². The monoisotopic (exact) mass is 487 g/mol. The number of nitrogens with one attached hydrogen (secondary N) is 2. The Labute approximate surface area is 208 Å². The Morgan fingerprint density at radius 1 is 1.12 bits per heavy atom. The van der Waals surface area contributed by atoms with E-state index < -0.39 is 0 Å². The summed E-state index contributed by atoms with van der Waals surface area (Å²) >= 11 is 6.38. The summed E-state index contributed by atoms with van der Waals surface area (Å²) in [7, 11) is 0. The number of nitrogens with two attached hydrogens (primary N) is 1. The van der Waals surface area contributed by atoms with Gasteiger partial charge in [-0.3, -0.25) is 0 Å². The summed E-state index contributed by atoms with van der Waals surface area (Å²) in [6.07, 6.45) is 10.8. The maximum absolute atomic E-state index is 6.38. The minimum Gasteiger partial charge on any atom is -0.492 e. The number of anilines is 4. The second-order valence-electron chi connectivity index (χ2n) is 9.25. The van der Waals surface area contributed by atoms with E-state index in [-0.39, 0.29) is 5.95 Å². The molecule has 0 spiro atoms. The summed E-state index contributed by atoms with van der Waals surface area (Å²) in [5.74, 6) is 1.97. The Kier molecular flexibility index (Phi) is 8.67. The molecule has 8 nitrogen and oxygen atoms in total. The molecule has 2 aromatic rings. The molecular formula is C25H38ClN7O. The van der Waals surface area contributed by atoms with Crippen LogP contribution >= 0.6 is 11.6 Å². The van der Waals surface area contributed by atoms with Crippen molar-refractivity contribution in [1.29, 1.82) is 0 Å². The normalized spacial score (nSPS) is 20.0. The first kappa shape index (κ1) is 24.8. The van der Waals surface area contributed by atoms with E-state index in [1.165, 1.54) is 38.5 Å². The zero-order chi connectivity index (χ0) is 23.9. The van der Waals surface area contributed by atoms with Gasteiger partial charge in [-0.2, -0.15) is 15.0 Å². The molecule has 1 saturated heterocycles. The van der Waals surface area contributed by atoms with E-state index in [0.717, 1.165) is 31.5 Å². The van der Waals surface area contributed by atoms with Crippen molar-refractivity contribution in [2.75, 3.05) is 29.1 Å². The van der Waals surface area contributed by atoms with Crippen molar-refractivity contribution in [1.82, 2.24) is 20.3 Å². The summed E-state index contributed by atoms with van der Waals surface area (Å²) in [6.45, 7) is 5.83. The highest BCUT2D eigenvalue weighted by Gasteiger charge is 2.35. The lowest BCUT2D eigenvalue weighted by Crippen LogP contribution is -2.52. The van der Waals surface area contributed by atoms with Crippen molar-refractivity contribution in [3.8, 4) is 5.75 Å². The molecule has 1 aromatic carbocycles. The number of ether oxygens (including phenoxy) is 1. The lowest BCUT2D eigenvalue weighted by Gasteiger charge is -2.40. The summed E-state index contributed by atoms with van der Waals surface area (Å²) < 4.78 is 5.54. The molecule has 1 aliphatic carbocycles. The van der Waals surface area contributed by atoms with E-state index >= 15 is 0 Å². The van der Waals surface area contributed by atoms with Crippen molar-refractivity contribution in [2.24, 2.45) is 0 Å². The Morgan fingerprint density at radius 2 is 1.91 bits per heavy atom. The maximum atomic E-state index is 6.38. The van der Waals surface area contributed by atoms with E-state index in [1.807, 2.05) is 25.1 Å². The molecule has 4 N–H and O–H groups in total. The molecule has 2 fully saturated rings. The van der Waals surface area contributed by atoms with Crippen molar-refractivity contribution < 1.29 is 4.74 Å². The molecule has 34 heavy (non-hydrogen) atoms. The van der Waals surface area contributed by atoms with Gasteiger partial charge in [0.1, 0.15) is 5.75 Å². The molecule has 2 unspecified atom stereocenters. The fraction of sp³-hybridized carbons (Fsp3) is 0.640. The van der Waals surface area contributed by atoms with Gasteiger partial charge in [-0.05, 0) is 63.8 Å². The number of benzene rings is 1. The Bertz CT molecular complexity index is 929. The van der Waals surface area contributed by atoms with Crippen molar-refractivity contribution in [3.05, 3.63) is 23.2 Å². The van der Waals surface area contributed by atoms with Gasteiger partial charge < -0.3 is 26.0 Å². The van der Waals surface area contributed by atoms with Crippen LogP contribution in [0.3, 0.4) is 0 Å². The van der Waals surface area contributed by atoms with E-state index in [1.54, 1.807) is 0 Å². The maximum Gasteiger partial charge on any atom is 0.233 e. The van der Waals surface area contributed by atoms with Gasteiger partial charge >= 0.3 is 0 Å². The van der Waals surface area contributed by atoms with Gasteiger partial charge in [0.15, 0.2) is 0 Å². The number of hydrogen-bond donors (Lipinski definition) is 3. The minimum absolute atomic E-state index is 0.220. The van der Waals surface area contributed by atoms with Crippen LogP contribution in [0.15, 0.2) is 18.2 Å². The van der Waals surface area contributed by atoms with Crippen molar-refractivity contribution in [3.63, 3.8) is 0 Å². The Morgan fingerprint density at radius 3 is 2.56 bits per heavy atom. The van der Waals surface area contributed by atoms with Crippen LogP contribution in [0, 0.1) is 0 Å². The van der Waals surface area contributed by atoms with E-state index in [9.17, 15) is 0 Å². The van der Waals surface area contributed by atoms with Crippen molar-refractivity contribution >= 4 is 35.1 Å². The van der Waals surface area contributed by atoms with Crippen LogP contribution in [0.25, 0.3) is 0 Å². The zero-order valence-corrected chi connectivity index (χ0v) is 21.2.